The monoisotopic (exact) mass is 296 g/mol. The zero-order chi connectivity index (χ0) is 12.9. The van der Waals surface area contributed by atoms with Gasteiger partial charge in [0, 0.05) is 12.2 Å². The lowest BCUT2D eigenvalue weighted by Gasteiger charge is -2.04. The van der Waals surface area contributed by atoms with Gasteiger partial charge in [-0.25, -0.2) is 13.1 Å². The number of H-pyrrole nitrogens is 1. The van der Waals surface area contributed by atoms with Gasteiger partial charge < -0.3 is 4.98 Å². The number of aromatic amines is 1. The van der Waals surface area contributed by atoms with Gasteiger partial charge in [-0.2, -0.15) is 11.8 Å². The number of rotatable bonds is 7. The summed E-state index contributed by atoms with van der Waals surface area (Å²) in [5, 5.41) is 0. The fraction of sp³-hybridized carbons (Fsp3) is 0.667. The summed E-state index contributed by atoms with van der Waals surface area (Å²) in [6, 6.07) is 0. The van der Waals surface area contributed by atoms with Gasteiger partial charge in [0.1, 0.15) is 0 Å². The van der Waals surface area contributed by atoms with Crippen molar-refractivity contribution in [2.24, 2.45) is 0 Å². The molecule has 17 heavy (non-hydrogen) atoms. The summed E-state index contributed by atoms with van der Waals surface area (Å²) in [4.78, 5) is 13.2. The van der Waals surface area contributed by atoms with Crippen LogP contribution in [0, 0.1) is 6.92 Å². The van der Waals surface area contributed by atoms with Gasteiger partial charge in [-0.3, -0.25) is 4.79 Å². The first-order valence-electron chi connectivity index (χ1n) is 5.15. The Labute approximate surface area is 109 Å². The Morgan fingerprint density at radius 1 is 1.41 bits per heavy atom. The summed E-state index contributed by atoms with van der Waals surface area (Å²) in [6.45, 7) is 1.99. The van der Waals surface area contributed by atoms with E-state index < -0.39 is 10.0 Å². The van der Waals surface area contributed by atoms with E-state index in [0.29, 0.717) is 12.2 Å². The molecule has 0 unspecified atom stereocenters. The standard InChI is InChI=1S/C9H16N2O3S3/c1-7-8(16-9(12)11-7)17(13,14)10-5-3-4-6-15-2/h10H,3-6H2,1-2H3,(H,11,12). The molecule has 1 aromatic rings. The highest BCUT2D eigenvalue weighted by Crippen LogP contribution is 2.15. The van der Waals surface area contributed by atoms with Gasteiger partial charge in [0.25, 0.3) is 10.0 Å². The highest BCUT2D eigenvalue weighted by molar-refractivity contribution is 7.98. The largest absolute Gasteiger partial charge is 0.315 e. The molecular weight excluding hydrogens is 280 g/mol. The Morgan fingerprint density at radius 3 is 2.65 bits per heavy atom. The second-order valence-electron chi connectivity index (χ2n) is 3.52. The average molecular weight is 296 g/mol. The van der Waals surface area contributed by atoms with Gasteiger partial charge in [-0.1, -0.05) is 11.3 Å². The van der Waals surface area contributed by atoms with Crippen LogP contribution in [-0.2, 0) is 10.0 Å². The highest BCUT2D eigenvalue weighted by atomic mass is 32.2. The van der Waals surface area contributed by atoms with Crippen molar-refractivity contribution in [3.05, 3.63) is 15.4 Å². The normalized spacial score (nSPS) is 11.9. The molecule has 0 saturated heterocycles. The molecule has 1 aromatic heterocycles. The van der Waals surface area contributed by atoms with Crippen molar-refractivity contribution >= 4 is 33.1 Å². The van der Waals surface area contributed by atoms with Crippen LogP contribution < -0.4 is 9.60 Å². The van der Waals surface area contributed by atoms with Gasteiger partial charge in [-0.15, -0.1) is 0 Å². The Bertz CT molecular complexity index is 504. The Balaban J connectivity index is 2.57. The summed E-state index contributed by atoms with van der Waals surface area (Å²) in [6.07, 6.45) is 3.80. The van der Waals surface area contributed by atoms with Crippen molar-refractivity contribution in [1.82, 2.24) is 9.71 Å². The Hall–Kier alpha value is -0.310. The molecule has 0 amide bonds. The summed E-state index contributed by atoms with van der Waals surface area (Å²) >= 11 is 2.46. The van der Waals surface area contributed by atoms with E-state index in [1.165, 1.54) is 0 Å². The summed E-state index contributed by atoms with van der Waals surface area (Å²) < 4.78 is 26.3. The van der Waals surface area contributed by atoms with Crippen molar-refractivity contribution in [2.75, 3.05) is 18.6 Å². The maximum absolute atomic E-state index is 11.8. The average Bonchev–Trinajstić information content (AvgIpc) is 2.58. The van der Waals surface area contributed by atoms with Crippen LogP contribution in [-0.4, -0.2) is 32.0 Å². The summed E-state index contributed by atoms with van der Waals surface area (Å²) in [5.74, 6) is 1.03. The van der Waals surface area contributed by atoms with Crippen molar-refractivity contribution in [1.29, 1.82) is 0 Å². The van der Waals surface area contributed by atoms with E-state index >= 15 is 0 Å². The minimum absolute atomic E-state index is 0.0902. The maximum Gasteiger partial charge on any atom is 0.305 e. The minimum Gasteiger partial charge on any atom is -0.315 e. The van der Waals surface area contributed by atoms with Crippen LogP contribution in [0.4, 0.5) is 0 Å². The number of thioether (sulfide) groups is 1. The third-order valence-electron chi connectivity index (χ3n) is 2.09. The molecule has 1 heterocycles. The molecule has 2 N–H and O–H groups in total. The molecule has 5 nitrogen and oxygen atoms in total. The van der Waals surface area contributed by atoms with Gasteiger partial charge in [0.15, 0.2) is 4.21 Å². The molecule has 0 atom stereocenters. The molecule has 0 fully saturated rings. The van der Waals surface area contributed by atoms with E-state index in [0.717, 1.165) is 29.9 Å². The second-order valence-corrected chi connectivity index (χ2v) is 7.46. The number of hydrogen-bond donors (Lipinski definition) is 2. The fourth-order valence-electron chi connectivity index (χ4n) is 1.29. The molecule has 98 valence electrons. The van der Waals surface area contributed by atoms with Crippen LogP contribution in [0.2, 0.25) is 0 Å². The summed E-state index contributed by atoms with van der Waals surface area (Å²) in [5.41, 5.74) is 0.400. The number of thiazole rings is 1. The van der Waals surface area contributed by atoms with Gasteiger partial charge >= 0.3 is 4.87 Å². The Kier molecular flexibility index (Phi) is 5.71. The topological polar surface area (TPSA) is 79.0 Å². The van der Waals surface area contributed by atoms with Crippen molar-refractivity contribution < 1.29 is 8.42 Å². The van der Waals surface area contributed by atoms with Crippen LogP contribution in [0.5, 0.6) is 0 Å². The third-order valence-corrected chi connectivity index (χ3v) is 5.86. The van der Waals surface area contributed by atoms with Gasteiger partial charge in [-0.05, 0) is 31.8 Å². The van der Waals surface area contributed by atoms with E-state index in [9.17, 15) is 13.2 Å². The molecule has 0 saturated carbocycles. The molecular formula is C9H16N2O3S3. The number of sulfonamides is 1. The van der Waals surface area contributed by atoms with Crippen LogP contribution >= 0.6 is 23.1 Å². The highest BCUT2D eigenvalue weighted by Gasteiger charge is 2.19. The molecule has 0 aromatic carbocycles. The van der Waals surface area contributed by atoms with E-state index in [2.05, 4.69) is 9.71 Å². The lowest BCUT2D eigenvalue weighted by Crippen LogP contribution is -2.24. The lowest BCUT2D eigenvalue weighted by molar-refractivity contribution is 0.580. The molecule has 0 radical (unpaired) electrons. The maximum atomic E-state index is 11.8. The molecule has 0 aliphatic rings. The van der Waals surface area contributed by atoms with Gasteiger partial charge in [0.05, 0.1) is 0 Å². The number of hydrogen-bond acceptors (Lipinski definition) is 5. The second kappa shape index (κ2) is 6.58. The number of aryl methyl sites for hydroxylation is 1. The smallest absolute Gasteiger partial charge is 0.305 e. The quantitative estimate of drug-likeness (QED) is 0.740. The Morgan fingerprint density at radius 2 is 2.12 bits per heavy atom. The lowest BCUT2D eigenvalue weighted by atomic mass is 10.3. The predicted molar refractivity (Wildman–Crippen MR) is 72.5 cm³/mol. The zero-order valence-corrected chi connectivity index (χ0v) is 12.2. The molecule has 0 bridgehead atoms. The van der Waals surface area contributed by atoms with Crippen LogP contribution in [0.3, 0.4) is 0 Å². The van der Waals surface area contributed by atoms with Crippen LogP contribution in [0.1, 0.15) is 18.5 Å². The van der Waals surface area contributed by atoms with E-state index in [1.807, 2.05) is 6.26 Å². The van der Waals surface area contributed by atoms with Crippen molar-refractivity contribution in [3.63, 3.8) is 0 Å². The van der Waals surface area contributed by atoms with Gasteiger partial charge in [0.2, 0.25) is 0 Å². The zero-order valence-electron chi connectivity index (χ0n) is 9.78. The third kappa shape index (κ3) is 4.46. The van der Waals surface area contributed by atoms with Crippen molar-refractivity contribution in [2.45, 2.75) is 24.0 Å². The first kappa shape index (κ1) is 14.7. The molecule has 1 rings (SSSR count). The molecule has 0 aliphatic carbocycles. The molecule has 8 heteroatoms. The van der Waals surface area contributed by atoms with E-state index in [-0.39, 0.29) is 9.08 Å². The van der Waals surface area contributed by atoms with Crippen LogP contribution in [0.25, 0.3) is 0 Å². The molecule has 0 aliphatic heterocycles. The van der Waals surface area contributed by atoms with E-state index in [4.69, 9.17) is 0 Å². The van der Waals surface area contributed by atoms with E-state index in [1.54, 1.807) is 18.7 Å². The number of unbranched alkanes of at least 4 members (excludes halogenated alkanes) is 1. The SMILES string of the molecule is CSCCCCNS(=O)(=O)c1sc(=O)[nH]c1C. The first-order chi connectivity index (χ1) is 7.97. The predicted octanol–water partition coefficient (Wildman–Crippen LogP) is 1.17. The summed E-state index contributed by atoms with van der Waals surface area (Å²) in [7, 11) is -3.53. The first-order valence-corrected chi connectivity index (χ1v) is 8.85. The van der Waals surface area contributed by atoms with Crippen LogP contribution in [0.15, 0.2) is 9.00 Å². The number of aromatic nitrogens is 1. The minimum atomic E-state index is -3.53. The van der Waals surface area contributed by atoms with Crippen molar-refractivity contribution in [3.8, 4) is 0 Å². The number of nitrogens with one attached hydrogen (secondary N) is 2. The molecule has 0 spiro atoms. The fourth-order valence-corrected chi connectivity index (χ4v) is 4.20.